The van der Waals surface area contributed by atoms with Gasteiger partial charge in [0.1, 0.15) is 0 Å². The first-order valence-corrected chi connectivity index (χ1v) is 7.49. The maximum absolute atomic E-state index is 12.4. The molecule has 0 saturated heterocycles. The number of benzene rings is 2. The molecule has 0 radical (unpaired) electrons. The van der Waals surface area contributed by atoms with Crippen molar-refractivity contribution in [3.63, 3.8) is 0 Å². The van der Waals surface area contributed by atoms with Gasteiger partial charge in [-0.2, -0.15) is 0 Å². The minimum atomic E-state index is -0.239. The second-order valence-corrected chi connectivity index (χ2v) is 4.89. The molecule has 0 saturated carbocycles. The monoisotopic (exact) mass is 349 g/mol. The molecule has 0 aliphatic carbocycles. The van der Waals surface area contributed by atoms with Crippen molar-refractivity contribution in [2.24, 2.45) is 0 Å². The Labute approximate surface area is 132 Å². The number of hydrogen-bond acceptors (Lipinski definition) is 3. The number of anilines is 1. The Hall–Kier alpha value is -2.01. The molecule has 1 N–H and O–H groups in total. The summed E-state index contributed by atoms with van der Waals surface area (Å²) in [6.45, 7) is 0. The van der Waals surface area contributed by atoms with Crippen molar-refractivity contribution in [1.29, 1.82) is 0 Å². The maximum atomic E-state index is 12.4. The van der Waals surface area contributed by atoms with E-state index in [2.05, 4.69) is 21.2 Å². The third kappa shape index (κ3) is 3.55. The van der Waals surface area contributed by atoms with Crippen LogP contribution in [0.4, 0.5) is 5.69 Å². The van der Waals surface area contributed by atoms with Crippen LogP contribution in [0.25, 0.3) is 0 Å². The fraction of sp³-hybridized carbons (Fsp3) is 0.188. The van der Waals surface area contributed by atoms with E-state index < -0.39 is 0 Å². The smallest absolute Gasteiger partial charge is 0.259 e. The van der Waals surface area contributed by atoms with Gasteiger partial charge in [0.25, 0.3) is 5.91 Å². The van der Waals surface area contributed by atoms with Crippen molar-refractivity contribution >= 4 is 27.5 Å². The Morgan fingerprint density at radius 3 is 2.38 bits per heavy atom. The molecule has 0 atom stereocenters. The summed E-state index contributed by atoms with van der Waals surface area (Å²) in [5.74, 6) is 0.715. The molecule has 0 bridgehead atoms. The van der Waals surface area contributed by atoms with E-state index in [9.17, 15) is 4.79 Å². The van der Waals surface area contributed by atoms with Crippen LogP contribution in [0, 0.1) is 0 Å². The number of methoxy groups -OCH3 is 2. The summed E-state index contributed by atoms with van der Waals surface area (Å²) in [5.41, 5.74) is 2.31. The van der Waals surface area contributed by atoms with E-state index in [0.29, 0.717) is 17.1 Å². The third-order valence-corrected chi connectivity index (χ3v) is 3.66. The molecular formula is C16H16BrNO3. The molecule has 4 nitrogen and oxygen atoms in total. The van der Waals surface area contributed by atoms with Gasteiger partial charge in [0, 0.05) is 11.0 Å². The highest BCUT2D eigenvalue weighted by atomic mass is 79.9. The van der Waals surface area contributed by atoms with Gasteiger partial charge >= 0.3 is 0 Å². The van der Waals surface area contributed by atoms with Crippen LogP contribution >= 0.6 is 15.9 Å². The predicted molar refractivity (Wildman–Crippen MR) is 86.6 cm³/mol. The Bertz CT molecular complexity index is 626. The van der Waals surface area contributed by atoms with Gasteiger partial charge in [-0.3, -0.25) is 4.79 Å². The van der Waals surface area contributed by atoms with E-state index in [0.717, 1.165) is 16.6 Å². The lowest BCUT2D eigenvalue weighted by atomic mass is 10.1. The van der Waals surface area contributed by atoms with Crippen LogP contribution in [0.1, 0.15) is 15.9 Å². The molecule has 0 aromatic heterocycles. The second kappa shape index (κ2) is 7.13. The molecule has 0 aliphatic rings. The van der Waals surface area contributed by atoms with Gasteiger partial charge in [-0.25, -0.2) is 0 Å². The lowest BCUT2D eigenvalue weighted by molar-refractivity contribution is 0.102. The number of rotatable bonds is 5. The predicted octanol–water partition coefficient (Wildman–Crippen LogP) is 3.85. The number of alkyl halides is 1. The number of ether oxygens (including phenoxy) is 2. The van der Waals surface area contributed by atoms with Crippen molar-refractivity contribution in [1.82, 2.24) is 0 Å². The van der Waals surface area contributed by atoms with Gasteiger partial charge in [0.05, 0.1) is 19.8 Å². The lowest BCUT2D eigenvalue weighted by Gasteiger charge is -2.12. The number of carbonyl (C=O) groups is 1. The first kappa shape index (κ1) is 15.4. The first-order chi connectivity index (χ1) is 10.2. The zero-order chi connectivity index (χ0) is 15.2. The molecule has 0 heterocycles. The third-order valence-electron chi connectivity index (χ3n) is 3.01. The fourth-order valence-corrected chi connectivity index (χ4v) is 2.32. The molecule has 2 rings (SSSR count). The summed E-state index contributed by atoms with van der Waals surface area (Å²) in [6.07, 6.45) is 0. The Kier molecular flexibility index (Phi) is 5.22. The zero-order valence-electron chi connectivity index (χ0n) is 11.9. The van der Waals surface area contributed by atoms with Crippen molar-refractivity contribution in [2.75, 3.05) is 19.5 Å². The zero-order valence-corrected chi connectivity index (χ0v) is 13.4. The van der Waals surface area contributed by atoms with Gasteiger partial charge in [0.2, 0.25) is 0 Å². The number of carbonyl (C=O) groups excluding carboxylic acids is 1. The molecule has 110 valence electrons. The highest BCUT2D eigenvalue weighted by Crippen LogP contribution is 2.31. The summed E-state index contributed by atoms with van der Waals surface area (Å²) in [7, 11) is 3.05. The highest BCUT2D eigenvalue weighted by Gasteiger charge is 2.16. The molecule has 0 spiro atoms. The number of hydrogen-bond donors (Lipinski definition) is 1. The fourth-order valence-electron chi connectivity index (χ4n) is 1.94. The van der Waals surface area contributed by atoms with E-state index in [4.69, 9.17) is 9.47 Å². The summed E-state index contributed by atoms with van der Waals surface area (Å²) in [4.78, 5) is 12.4. The van der Waals surface area contributed by atoms with E-state index in [1.165, 1.54) is 7.11 Å². The molecular weight excluding hydrogens is 334 g/mol. The molecule has 1 amide bonds. The quantitative estimate of drug-likeness (QED) is 0.834. The van der Waals surface area contributed by atoms with Crippen LogP contribution in [0.5, 0.6) is 11.5 Å². The van der Waals surface area contributed by atoms with E-state index in [-0.39, 0.29) is 5.91 Å². The van der Waals surface area contributed by atoms with Crippen LogP contribution in [0.15, 0.2) is 42.5 Å². The first-order valence-electron chi connectivity index (χ1n) is 6.37. The summed E-state index contributed by atoms with van der Waals surface area (Å²) in [5, 5.41) is 3.63. The minimum absolute atomic E-state index is 0.239. The van der Waals surface area contributed by atoms with E-state index >= 15 is 0 Å². The van der Waals surface area contributed by atoms with Crippen LogP contribution in [0.3, 0.4) is 0 Å². The Balaban J connectivity index is 2.23. The van der Waals surface area contributed by atoms with Crippen LogP contribution in [0.2, 0.25) is 0 Å². The van der Waals surface area contributed by atoms with Crippen molar-refractivity contribution in [3.8, 4) is 11.5 Å². The number of amides is 1. The highest BCUT2D eigenvalue weighted by molar-refractivity contribution is 9.08. The van der Waals surface area contributed by atoms with Gasteiger partial charge < -0.3 is 14.8 Å². The number of nitrogens with one attached hydrogen (secondary N) is 1. The normalized spacial score (nSPS) is 10.0. The van der Waals surface area contributed by atoms with Crippen molar-refractivity contribution < 1.29 is 14.3 Å². The average Bonchev–Trinajstić information content (AvgIpc) is 2.54. The SMILES string of the molecule is COc1cccc(C(=O)Nc2ccc(CBr)cc2)c1OC. The molecule has 21 heavy (non-hydrogen) atoms. The van der Waals surface area contributed by atoms with E-state index in [1.807, 2.05) is 24.3 Å². The van der Waals surface area contributed by atoms with Gasteiger partial charge in [-0.1, -0.05) is 34.1 Å². The Morgan fingerprint density at radius 2 is 1.81 bits per heavy atom. The second-order valence-electron chi connectivity index (χ2n) is 4.33. The van der Waals surface area contributed by atoms with E-state index in [1.54, 1.807) is 25.3 Å². The standard InChI is InChI=1S/C16H16BrNO3/c1-20-14-5-3-4-13(15(14)21-2)16(19)18-12-8-6-11(10-17)7-9-12/h3-9H,10H2,1-2H3,(H,18,19). The summed E-state index contributed by atoms with van der Waals surface area (Å²) in [6, 6.07) is 12.8. The van der Waals surface area contributed by atoms with Crippen LogP contribution in [-0.2, 0) is 5.33 Å². The molecule has 5 heteroatoms. The molecule has 2 aromatic rings. The number of para-hydroxylation sites is 1. The van der Waals surface area contributed by atoms with Gasteiger partial charge in [-0.15, -0.1) is 0 Å². The van der Waals surface area contributed by atoms with Crippen molar-refractivity contribution in [2.45, 2.75) is 5.33 Å². The maximum Gasteiger partial charge on any atom is 0.259 e. The molecule has 0 unspecified atom stereocenters. The van der Waals surface area contributed by atoms with Gasteiger partial charge in [0.15, 0.2) is 11.5 Å². The Morgan fingerprint density at radius 1 is 1.10 bits per heavy atom. The molecule has 2 aromatic carbocycles. The van der Waals surface area contributed by atoms with Gasteiger partial charge in [-0.05, 0) is 29.8 Å². The van der Waals surface area contributed by atoms with Crippen LogP contribution < -0.4 is 14.8 Å². The number of halogens is 1. The summed E-state index contributed by atoms with van der Waals surface area (Å²) >= 11 is 3.39. The van der Waals surface area contributed by atoms with Crippen molar-refractivity contribution in [3.05, 3.63) is 53.6 Å². The largest absolute Gasteiger partial charge is 0.493 e. The topological polar surface area (TPSA) is 47.6 Å². The summed E-state index contributed by atoms with van der Waals surface area (Å²) < 4.78 is 10.5. The minimum Gasteiger partial charge on any atom is -0.493 e. The lowest BCUT2D eigenvalue weighted by Crippen LogP contribution is -2.13. The molecule has 0 aliphatic heterocycles. The van der Waals surface area contributed by atoms with Crippen LogP contribution in [-0.4, -0.2) is 20.1 Å². The molecule has 0 fully saturated rings. The average molecular weight is 350 g/mol.